The number of aryl methyl sites for hydroxylation is 1. The van der Waals surface area contributed by atoms with E-state index < -0.39 is 15.9 Å². The molecule has 0 saturated carbocycles. The van der Waals surface area contributed by atoms with Crippen LogP contribution in [-0.4, -0.2) is 21.4 Å². The molecular weight excluding hydrogens is 431 g/mol. The fourth-order valence-electron chi connectivity index (χ4n) is 2.62. The van der Waals surface area contributed by atoms with E-state index in [1.54, 1.807) is 18.2 Å². The van der Waals surface area contributed by atoms with E-state index in [2.05, 4.69) is 5.32 Å². The summed E-state index contributed by atoms with van der Waals surface area (Å²) in [5.74, 6) is -0.432. The molecule has 5 nitrogen and oxygen atoms in total. The van der Waals surface area contributed by atoms with Crippen LogP contribution in [0.3, 0.4) is 0 Å². The number of amides is 1. The number of nitrogens with zero attached hydrogens (tertiary/aromatic N) is 1. The lowest BCUT2D eigenvalue weighted by atomic mass is 10.1. The standard InChI is InChI=1S/C21H18Cl2N2O3S/c1-14-3-7-16(8-4-14)24-21(26)19-13-17(9-12-20(19)23)25(2)29(27,28)18-10-5-15(22)6-11-18/h3-13H,1-2H3,(H,24,26). The number of carbonyl (C=O) groups excluding carboxylic acids is 1. The Kier molecular flexibility index (Phi) is 6.17. The molecule has 1 amide bonds. The molecule has 3 rings (SSSR count). The number of benzene rings is 3. The molecule has 0 aromatic heterocycles. The van der Waals surface area contributed by atoms with Gasteiger partial charge in [-0.05, 0) is 61.5 Å². The van der Waals surface area contributed by atoms with Gasteiger partial charge in [-0.1, -0.05) is 40.9 Å². The van der Waals surface area contributed by atoms with Gasteiger partial charge in [-0.2, -0.15) is 0 Å². The van der Waals surface area contributed by atoms with E-state index in [1.165, 1.54) is 43.4 Å². The number of anilines is 2. The summed E-state index contributed by atoms with van der Waals surface area (Å²) in [7, 11) is -2.42. The maximum atomic E-state index is 12.9. The van der Waals surface area contributed by atoms with E-state index in [4.69, 9.17) is 23.2 Å². The van der Waals surface area contributed by atoms with Crippen LogP contribution in [0.4, 0.5) is 11.4 Å². The summed E-state index contributed by atoms with van der Waals surface area (Å²) < 4.78 is 26.9. The zero-order valence-corrected chi connectivity index (χ0v) is 18.0. The Morgan fingerprint density at radius 2 is 1.55 bits per heavy atom. The predicted molar refractivity (Wildman–Crippen MR) is 118 cm³/mol. The normalized spacial score (nSPS) is 11.2. The maximum Gasteiger partial charge on any atom is 0.264 e. The Morgan fingerprint density at radius 3 is 2.17 bits per heavy atom. The van der Waals surface area contributed by atoms with Gasteiger partial charge in [0.05, 0.1) is 21.2 Å². The maximum absolute atomic E-state index is 12.9. The summed E-state index contributed by atoms with van der Waals surface area (Å²) in [5, 5.41) is 3.42. The van der Waals surface area contributed by atoms with Gasteiger partial charge in [0, 0.05) is 17.8 Å². The molecule has 0 fully saturated rings. The van der Waals surface area contributed by atoms with Gasteiger partial charge in [0.25, 0.3) is 15.9 Å². The molecule has 0 aliphatic rings. The summed E-state index contributed by atoms with van der Waals surface area (Å²) in [4.78, 5) is 12.8. The Morgan fingerprint density at radius 1 is 0.931 bits per heavy atom. The molecule has 150 valence electrons. The predicted octanol–water partition coefficient (Wildman–Crippen LogP) is 5.38. The number of nitrogens with one attached hydrogen (secondary N) is 1. The largest absolute Gasteiger partial charge is 0.322 e. The molecular formula is C21H18Cl2N2O3S. The number of hydrogen-bond donors (Lipinski definition) is 1. The molecule has 0 aliphatic heterocycles. The molecule has 0 atom stereocenters. The van der Waals surface area contributed by atoms with Gasteiger partial charge in [0.2, 0.25) is 0 Å². The number of hydrogen-bond acceptors (Lipinski definition) is 3. The zero-order chi connectivity index (χ0) is 21.2. The first kappa shape index (κ1) is 21.2. The summed E-state index contributed by atoms with van der Waals surface area (Å²) in [6.07, 6.45) is 0. The Labute approximate surface area is 179 Å². The Bertz CT molecular complexity index is 1150. The van der Waals surface area contributed by atoms with Gasteiger partial charge >= 0.3 is 0 Å². The first-order valence-electron chi connectivity index (χ1n) is 8.60. The number of rotatable bonds is 5. The van der Waals surface area contributed by atoms with E-state index in [-0.39, 0.29) is 15.5 Å². The highest BCUT2D eigenvalue weighted by Gasteiger charge is 2.23. The van der Waals surface area contributed by atoms with E-state index in [0.29, 0.717) is 16.4 Å². The molecule has 0 bridgehead atoms. The van der Waals surface area contributed by atoms with Crippen molar-refractivity contribution in [3.63, 3.8) is 0 Å². The van der Waals surface area contributed by atoms with Crippen LogP contribution in [0.25, 0.3) is 0 Å². The van der Waals surface area contributed by atoms with Crippen molar-refractivity contribution in [3.05, 3.63) is 87.9 Å². The third kappa shape index (κ3) is 4.72. The van der Waals surface area contributed by atoms with Crippen LogP contribution in [0.1, 0.15) is 15.9 Å². The fraction of sp³-hybridized carbons (Fsp3) is 0.0952. The zero-order valence-electron chi connectivity index (χ0n) is 15.7. The van der Waals surface area contributed by atoms with Crippen LogP contribution < -0.4 is 9.62 Å². The molecule has 1 N–H and O–H groups in total. The summed E-state index contributed by atoms with van der Waals surface area (Å²) in [6, 6.07) is 17.6. The van der Waals surface area contributed by atoms with Crippen LogP contribution in [0.5, 0.6) is 0 Å². The minimum atomic E-state index is -3.83. The molecule has 8 heteroatoms. The summed E-state index contributed by atoms with van der Waals surface area (Å²) in [6.45, 7) is 1.95. The quantitative estimate of drug-likeness (QED) is 0.569. The highest BCUT2D eigenvalue weighted by atomic mass is 35.5. The van der Waals surface area contributed by atoms with Crippen LogP contribution in [0.15, 0.2) is 71.6 Å². The van der Waals surface area contributed by atoms with Crippen molar-refractivity contribution in [1.29, 1.82) is 0 Å². The van der Waals surface area contributed by atoms with E-state index >= 15 is 0 Å². The highest BCUT2D eigenvalue weighted by Crippen LogP contribution is 2.28. The Balaban J connectivity index is 1.90. The lowest BCUT2D eigenvalue weighted by Gasteiger charge is -2.20. The van der Waals surface area contributed by atoms with Gasteiger partial charge in [-0.25, -0.2) is 8.42 Å². The van der Waals surface area contributed by atoms with Gasteiger partial charge in [0.15, 0.2) is 0 Å². The third-order valence-corrected chi connectivity index (χ3v) is 6.72. The van der Waals surface area contributed by atoms with Crippen LogP contribution in [0, 0.1) is 6.92 Å². The van der Waals surface area contributed by atoms with Crippen LogP contribution in [-0.2, 0) is 10.0 Å². The van der Waals surface area contributed by atoms with Crippen LogP contribution in [0.2, 0.25) is 10.0 Å². The summed E-state index contributed by atoms with van der Waals surface area (Å²) in [5.41, 5.74) is 2.16. The topological polar surface area (TPSA) is 66.5 Å². The minimum absolute atomic E-state index is 0.0880. The first-order chi connectivity index (χ1) is 13.7. The smallest absolute Gasteiger partial charge is 0.264 e. The highest BCUT2D eigenvalue weighted by molar-refractivity contribution is 7.92. The average Bonchev–Trinajstić information content (AvgIpc) is 2.70. The molecule has 3 aromatic carbocycles. The molecule has 0 spiro atoms. The fourth-order valence-corrected chi connectivity index (χ4v) is 4.14. The van der Waals surface area contributed by atoms with Crippen molar-refractivity contribution in [2.24, 2.45) is 0 Å². The number of sulfonamides is 1. The Hall–Kier alpha value is -2.54. The second-order valence-electron chi connectivity index (χ2n) is 6.41. The molecule has 0 radical (unpaired) electrons. The number of halogens is 2. The van der Waals surface area contributed by atoms with Crippen molar-refractivity contribution in [3.8, 4) is 0 Å². The molecule has 0 saturated heterocycles. The third-order valence-electron chi connectivity index (χ3n) is 4.34. The van der Waals surface area contributed by atoms with Crippen molar-refractivity contribution >= 4 is 50.5 Å². The van der Waals surface area contributed by atoms with Crippen molar-refractivity contribution in [2.45, 2.75) is 11.8 Å². The van der Waals surface area contributed by atoms with Gasteiger partial charge < -0.3 is 5.32 Å². The first-order valence-corrected chi connectivity index (χ1v) is 10.8. The minimum Gasteiger partial charge on any atom is -0.322 e. The van der Waals surface area contributed by atoms with Gasteiger partial charge in [-0.3, -0.25) is 9.10 Å². The lowest BCUT2D eigenvalue weighted by Crippen LogP contribution is -2.27. The molecule has 3 aromatic rings. The van der Waals surface area contributed by atoms with E-state index in [0.717, 1.165) is 9.87 Å². The van der Waals surface area contributed by atoms with Crippen LogP contribution >= 0.6 is 23.2 Å². The van der Waals surface area contributed by atoms with Crippen molar-refractivity contribution in [2.75, 3.05) is 16.7 Å². The summed E-state index contributed by atoms with van der Waals surface area (Å²) >= 11 is 12.0. The second-order valence-corrected chi connectivity index (χ2v) is 9.22. The number of carbonyl (C=O) groups is 1. The SMILES string of the molecule is Cc1ccc(NC(=O)c2cc(N(C)S(=O)(=O)c3ccc(Cl)cc3)ccc2Cl)cc1. The monoisotopic (exact) mass is 448 g/mol. The van der Waals surface area contributed by atoms with Crippen molar-refractivity contribution < 1.29 is 13.2 Å². The van der Waals surface area contributed by atoms with Crippen molar-refractivity contribution in [1.82, 2.24) is 0 Å². The molecule has 29 heavy (non-hydrogen) atoms. The average molecular weight is 449 g/mol. The second kappa shape index (κ2) is 8.45. The van der Waals surface area contributed by atoms with E-state index in [9.17, 15) is 13.2 Å². The van der Waals surface area contributed by atoms with E-state index in [1.807, 2.05) is 19.1 Å². The molecule has 0 unspecified atom stereocenters. The molecule has 0 aliphatic carbocycles. The lowest BCUT2D eigenvalue weighted by molar-refractivity contribution is 0.102. The van der Waals surface area contributed by atoms with Gasteiger partial charge in [-0.15, -0.1) is 0 Å². The van der Waals surface area contributed by atoms with Gasteiger partial charge in [0.1, 0.15) is 0 Å². The molecule has 0 heterocycles.